The molecule has 5 heteroatoms. The molecule has 1 spiro atoms. The lowest BCUT2D eigenvalue weighted by Gasteiger charge is -2.35. The Morgan fingerprint density at radius 2 is 2.19 bits per heavy atom. The van der Waals surface area contributed by atoms with E-state index in [1.807, 2.05) is 0 Å². The molecule has 2 heterocycles. The average Bonchev–Trinajstić information content (AvgIpc) is 2.57. The molecule has 0 bridgehead atoms. The van der Waals surface area contributed by atoms with Crippen molar-refractivity contribution in [3.8, 4) is 0 Å². The molecule has 0 aromatic carbocycles. The Bertz CT molecular complexity index is 293. The number of hydrogen-bond acceptors (Lipinski definition) is 5. The van der Waals surface area contributed by atoms with Crippen molar-refractivity contribution in [2.45, 2.75) is 25.4 Å². The van der Waals surface area contributed by atoms with E-state index in [1.165, 1.54) is 0 Å². The summed E-state index contributed by atoms with van der Waals surface area (Å²) in [5.74, 6) is -1.37. The maximum atomic E-state index is 11.8. The smallest absolute Gasteiger partial charge is 0.319 e. The molecular weight excluding hydrogens is 212 g/mol. The average molecular weight is 228 g/mol. The number of carbonyl (C=O) groups excluding carboxylic acids is 2. The normalized spacial score (nSPS) is 28.3. The number of ketones is 1. The van der Waals surface area contributed by atoms with Crippen molar-refractivity contribution in [2.24, 2.45) is 5.92 Å². The highest BCUT2D eigenvalue weighted by Gasteiger charge is 2.54. The van der Waals surface area contributed by atoms with Crippen LogP contribution in [0.4, 0.5) is 0 Å². The van der Waals surface area contributed by atoms with E-state index in [2.05, 4.69) is 0 Å². The van der Waals surface area contributed by atoms with Gasteiger partial charge in [-0.1, -0.05) is 0 Å². The lowest BCUT2D eigenvalue weighted by Crippen LogP contribution is -2.46. The number of carbonyl (C=O) groups is 2. The van der Waals surface area contributed by atoms with Crippen molar-refractivity contribution < 1.29 is 23.8 Å². The van der Waals surface area contributed by atoms with Crippen molar-refractivity contribution in [2.75, 3.05) is 26.4 Å². The van der Waals surface area contributed by atoms with Crippen LogP contribution in [0, 0.1) is 5.92 Å². The first-order valence-corrected chi connectivity index (χ1v) is 5.60. The van der Waals surface area contributed by atoms with Crippen molar-refractivity contribution >= 4 is 11.8 Å². The fraction of sp³-hybridized carbons (Fsp3) is 0.818. The van der Waals surface area contributed by atoms with Gasteiger partial charge in [0.2, 0.25) is 0 Å². The predicted octanol–water partition coefficient (Wildman–Crippen LogP) is 0.314. The lowest BCUT2D eigenvalue weighted by molar-refractivity contribution is -0.161. The zero-order chi connectivity index (χ0) is 11.6. The third-order valence-corrected chi connectivity index (χ3v) is 3.21. The zero-order valence-corrected chi connectivity index (χ0v) is 9.36. The predicted molar refractivity (Wildman–Crippen MR) is 53.9 cm³/mol. The summed E-state index contributed by atoms with van der Waals surface area (Å²) in [6.07, 6.45) is 1.17. The number of hydrogen-bond donors (Lipinski definition) is 0. The Labute approximate surface area is 94.0 Å². The van der Waals surface area contributed by atoms with Gasteiger partial charge in [-0.3, -0.25) is 9.59 Å². The van der Waals surface area contributed by atoms with Crippen LogP contribution >= 0.6 is 0 Å². The summed E-state index contributed by atoms with van der Waals surface area (Å²) >= 11 is 0. The monoisotopic (exact) mass is 228 g/mol. The third-order valence-electron chi connectivity index (χ3n) is 3.21. The Morgan fingerprint density at radius 1 is 1.50 bits per heavy atom. The summed E-state index contributed by atoms with van der Waals surface area (Å²) < 4.78 is 15.7. The maximum Gasteiger partial charge on any atom is 0.319 e. The van der Waals surface area contributed by atoms with Crippen molar-refractivity contribution in [3.63, 3.8) is 0 Å². The highest BCUT2D eigenvalue weighted by molar-refractivity contribution is 6.02. The molecule has 0 saturated carbocycles. The van der Waals surface area contributed by atoms with E-state index in [9.17, 15) is 9.59 Å². The first-order chi connectivity index (χ1) is 7.69. The number of esters is 1. The molecule has 0 aromatic heterocycles. The summed E-state index contributed by atoms with van der Waals surface area (Å²) in [4.78, 5) is 23.5. The summed E-state index contributed by atoms with van der Waals surface area (Å²) in [7, 11) is 0. The van der Waals surface area contributed by atoms with Crippen LogP contribution in [-0.2, 0) is 23.8 Å². The molecular formula is C11H16O5. The second kappa shape index (κ2) is 4.51. The Kier molecular flexibility index (Phi) is 3.25. The van der Waals surface area contributed by atoms with Gasteiger partial charge in [-0.05, 0) is 6.92 Å². The van der Waals surface area contributed by atoms with E-state index in [0.717, 1.165) is 0 Å². The lowest BCUT2D eigenvalue weighted by atomic mass is 9.81. The van der Waals surface area contributed by atoms with Crippen molar-refractivity contribution in [1.82, 2.24) is 0 Å². The summed E-state index contributed by atoms with van der Waals surface area (Å²) in [6, 6.07) is 0. The molecule has 0 amide bonds. The quantitative estimate of drug-likeness (QED) is 0.503. The molecule has 2 fully saturated rings. The van der Waals surface area contributed by atoms with E-state index in [0.29, 0.717) is 26.1 Å². The molecule has 0 N–H and O–H groups in total. The number of Topliss-reactive ketones (excluding diaryl/α,β-unsaturated/α-hetero) is 1. The van der Waals surface area contributed by atoms with Gasteiger partial charge < -0.3 is 14.2 Å². The zero-order valence-electron chi connectivity index (χ0n) is 9.36. The SMILES string of the molecule is CCOC(=O)C1C(=O)COC12CCOCC2. The second-order valence-electron chi connectivity index (χ2n) is 4.12. The maximum absolute atomic E-state index is 11.8. The summed E-state index contributed by atoms with van der Waals surface area (Å²) in [5, 5.41) is 0. The van der Waals surface area contributed by atoms with Crippen LogP contribution in [0.3, 0.4) is 0 Å². The highest BCUT2D eigenvalue weighted by atomic mass is 16.6. The molecule has 2 saturated heterocycles. The molecule has 0 aliphatic carbocycles. The van der Waals surface area contributed by atoms with Gasteiger partial charge in [-0.2, -0.15) is 0 Å². The summed E-state index contributed by atoms with van der Waals surface area (Å²) in [5.41, 5.74) is -0.665. The fourth-order valence-corrected chi connectivity index (χ4v) is 2.40. The topological polar surface area (TPSA) is 61.8 Å². The van der Waals surface area contributed by atoms with E-state index in [4.69, 9.17) is 14.2 Å². The fourth-order valence-electron chi connectivity index (χ4n) is 2.40. The van der Waals surface area contributed by atoms with Crippen LogP contribution in [0.1, 0.15) is 19.8 Å². The van der Waals surface area contributed by atoms with Gasteiger partial charge >= 0.3 is 5.97 Å². The number of rotatable bonds is 2. The Morgan fingerprint density at radius 3 is 2.81 bits per heavy atom. The van der Waals surface area contributed by atoms with Gasteiger partial charge in [0.15, 0.2) is 5.78 Å². The standard InChI is InChI=1S/C11H16O5/c1-2-15-10(13)9-8(12)7-16-11(9)3-5-14-6-4-11/h9H,2-7H2,1H3. The summed E-state index contributed by atoms with van der Waals surface area (Å²) in [6.45, 7) is 3.10. The molecule has 0 radical (unpaired) electrons. The van der Waals surface area contributed by atoms with Gasteiger partial charge in [0.05, 0.1) is 12.2 Å². The minimum absolute atomic E-state index is 0.0173. The van der Waals surface area contributed by atoms with Crippen LogP contribution < -0.4 is 0 Å². The molecule has 2 rings (SSSR count). The van der Waals surface area contributed by atoms with Gasteiger partial charge in [-0.15, -0.1) is 0 Å². The van der Waals surface area contributed by atoms with Crippen LogP contribution in [0.25, 0.3) is 0 Å². The molecule has 0 aromatic rings. The first kappa shape index (κ1) is 11.5. The van der Waals surface area contributed by atoms with E-state index in [1.54, 1.807) is 6.92 Å². The van der Waals surface area contributed by atoms with Crippen LogP contribution in [-0.4, -0.2) is 43.8 Å². The van der Waals surface area contributed by atoms with Crippen LogP contribution in [0.5, 0.6) is 0 Å². The third kappa shape index (κ3) is 1.85. The minimum Gasteiger partial charge on any atom is -0.465 e. The Balaban J connectivity index is 2.17. The number of ether oxygens (including phenoxy) is 3. The second-order valence-corrected chi connectivity index (χ2v) is 4.12. The van der Waals surface area contributed by atoms with Gasteiger partial charge in [-0.25, -0.2) is 0 Å². The highest BCUT2D eigenvalue weighted by Crippen LogP contribution is 2.39. The molecule has 90 valence electrons. The van der Waals surface area contributed by atoms with Crippen LogP contribution in [0.2, 0.25) is 0 Å². The van der Waals surface area contributed by atoms with Gasteiger partial charge in [0, 0.05) is 26.1 Å². The minimum atomic E-state index is -0.753. The largest absolute Gasteiger partial charge is 0.465 e. The van der Waals surface area contributed by atoms with Gasteiger partial charge in [0.1, 0.15) is 12.5 Å². The molecule has 16 heavy (non-hydrogen) atoms. The van der Waals surface area contributed by atoms with E-state index >= 15 is 0 Å². The Hall–Kier alpha value is -0.940. The molecule has 2 aliphatic rings. The molecule has 1 unspecified atom stereocenters. The molecule has 5 nitrogen and oxygen atoms in total. The van der Waals surface area contributed by atoms with Crippen molar-refractivity contribution in [3.05, 3.63) is 0 Å². The van der Waals surface area contributed by atoms with Crippen LogP contribution in [0.15, 0.2) is 0 Å². The van der Waals surface area contributed by atoms with Crippen molar-refractivity contribution in [1.29, 1.82) is 0 Å². The first-order valence-electron chi connectivity index (χ1n) is 5.60. The van der Waals surface area contributed by atoms with E-state index < -0.39 is 17.5 Å². The van der Waals surface area contributed by atoms with Gasteiger partial charge in [0.25, 0.3) is 0 Å². The molecule has 2 aliphatic heterocycles. The molecule has 1 atom stereocenters. The van der Waals surface area contributed by atoms with E-state index in [-0.39, 0.29) is 19.0 Å².